The highest BCUT2D eigenvalue weighted by Gasteiger charge is 2.51. The molecule has 1 aromatic heterocycles. The Hall–Kier alpha value is -2.48. The molecule has 4 atom stereocenters. The van der Waals surface area contributed by atoms with Gasteiger partial charge in [0.15, 0.2) is 0 Å². The Morgan fingerprint density at radius 3 is 3.00 bits per heavy atom. The lowest BCUT2D eigenvalue weighted by Gasteiger charge is -2.36. The second kappa shape index (κ2) is 8.49. The lowest BCUT2D eigenvalue weighted by Crippen LogP contribution is -2.55. The third-order valence-corrected chi connectivity index (χ3v) is 6.15. The maximum absolute atomic E-state index is 14.5. The van der Waals surface area contributed by atoms with E-state index in [9.17, 15) is 14.0 Å². The van der Waals surface area contributed by atoms with Gasteiger partial charge in [0.05, 0.1) is 0 Å². The minimum Gasteiger partial charge on any atom is -0.367 e. The summed E-state index contributed by atoms with van der Waals surface area (Å²) in [4.78, 5) is 29.4. The van der Waals surface area contributed by atoms with Gasteiger partial charge in [-0.05, 0) is 44.7 Å². The predicted octanol–water partition coefficient (Wildman–Crippen LogP) is 1.58. The number of fused-ring (bicyclic) bond motifs is 3. The molecule has 4 rings (SSSR count). The Morgan fingerprint density at radius 1 is 1.34 bits per heavy atom. The molecule has 4 unspecified atom stereocenters. The number of nitrogens with one attached hydrogen (secondary N) is 3. The minimum absolute atomic E-state index is 0.0118. The van der Waals surface area contributed by atoms with Crippen LogP contribution in [0.1, 0.15) is 44.7 Å². The van der Waals surface area contributed by atoms with Crippen LogP contribution in [0.2, 0.25) is 0 Å². The Labute approximate surface area is 170 Å². The summed E-state index contributed by atoms with van der Waals surface area (Å²) in [6, 6.07) is 5.69. The number of carbonyl (C=O) groups excluding carboxylic acids is 2. The van der Waals surface area contributed by atoms with Gasteiger partial charge in [0.2, 0.25) is 5.91 Å². The number of hydrazine groups is 1. The average molecular weight is 401 g/mol. The molecule has 3 aliphatic rings. The summed E-state index contributed by atoms with van der Waals surface area (Å²) in [5, 5.41) is 7.75. The number of aromatic nitrogens is 1. The summed E-state index contributed by atoms with van der Waals surface area (Å²) >= 11 is 0. The highest BCUT2D eigenvalue weighted by atomic mass is 19.1. The number of carbonyl (C=O) groups is 2. The van der Waals surface area contributed by atoms with Crippen molar-refractivity contribution in [2.45, 2.75) is 63.8 Å². The van der Waals surface area contributed by atoms with E-state index in [0.717, 1.165) is 24.2 Å². The summed E-state index contributed by atoms with van der Waals surface area (Å²) in [6.45, 7) is 2.35. The number of hydrogen-bond acceptors (Lipinski definition) is 5. The fourth-order valence-corrected chi connectivity index (χ4v) is 4.63. The van der Waals surface area contributed by atoms with Crippen molar-refractivity contribution in [1.82, 2.24) is 26.1 Å². The van der Waals surface area contributed by atoms with Crippen LogP contribution in [0.5, 0.6) is 0 Å². The van der Waals surface area contributed by atoms with Crippen molar-refractivity contribution in [3.05, 3.63) is 41.4 Å². The molecule has 3 N–H and O–H groups in total. The molecule has 0 spiro atoms. The average Bonchev–Trinajstić information content (AvgIpc) is 3.08. The highest BCUT2D eigenvalue weighted by Crippen LogP contribution is 2.38. The topological polar surface area (TPSA) is 86.4 Å². The molecule has 2 aliphatic heterocycles. The molecule has 1 aromatic rings. The van der Waals surface area contributed by atoms with Gasteiger partial charge in [-0.2, -0.15) is 0 Å². The summed E-state index contributed by atoms with van der Waals surface area (Å²) in [7, 11) is 0. The van der Waals surface area contributed by atoms with Crippen LogP contribution >= 0.6 is 0 Å². The van der Waals surface area contributed by atoms with Crippen molar-refractivity contribution in [2.75, 3.05) is 6.54 Å². The van der Waals surface area contributed by atoms with E-state index in [1.807, 2.05) is 25.1 Å². The first kappa shape index (κ1) is 19.8. The molecule has 2 amide bonds. The van der Waals surface area contributed by atoms with Crippen LogP contribution in [-0.2, 0) is 16.0 Å². The number of rotatable bonds is 6. The lowest BCUT2D eigenvalue weighted by atomic mass is 9.82. The third kappa shape index (κ3) is 4.12. The van der Waals surface area contributed by atoms with Crippen molar-refractivity contribution < 1.29 is 14.0 Å². The number of halogens is 1. The number of pyridine rings is 1. The SMILES string of the molecule is CC1=C(CCC(=O)NCCc2ccccn2)C(=O)N2NC3CCCC(F)C3C2N1. The molecule has 0 aromatic carbocycles. The number of allylic oxidation sites excluding steroid dienone is 1. The van der Waals surface area contributed by atoms with Gasteiger partial charge in [-0.1, -0.05) is 6.07 Å². The summed E-state index contributed by atoms with van der Waals surface area (Å²) in [6.07, 6.45) is 4.00. The van der Waals surface area contributed by atoms with Crippen molar-refractivity contribution in [3.8, 4) is 0 Å². The second-order valence-electron chi connectivity index (χ2n) is 8.05. The molecule has 1 saturated carbocycles. The molecular formula is C21H28FN5O2. The van der Waals surface area contributed by atoms with Crippen LogP contribution in [-0.4, -0.2) is 46.7 Å². The number of amides is 2. The van der Waals surface area contributed by atoms with E-state index in [-0.39, 0.29) is 36.4 Å². The fourth-order valence-electron chi connectivity index (χ4n) is 4.63. The zero-order valence-electron chi connectivity index (χ0n) is 16.7. The van der Waals surface area contributed by atoms with E-state index in [1.54, 1.807) is 11.2 Å². The Bertz CT molecular complexity index is 800. The third-order valence-electron chi connectivity index (χ3n) is 6.15. The van der Waals surface area contributed by atoms with E-state index in [0.29, 0.717) is 31.4 Å². The van der Waals surface area contributed by atoms with Gasteiger partial charge >= 0.3 is 0 Å². The molecular weight excluding hydrogens is 373 g/mol. The van der Waals surface area contributed by atoms with E-state index in [4.69, 9.17) is 0 Å². The molecule has 156 valence electrons. The normalized spacial score (nSPS) is 28.6. The molecule has 1 aliphatic carbocycles. The maximum Gasteiger partial charge on any atom is 0.267 e. The number of hydrogen-bond donors (Lipinski definition) is 3. The van der Waals surface area contributed by atoms with E-state index < -0.39 is 6.17 Å². The van der Waals surface area contributed by atoms with Gasteiger partial charge < -0.3 is 10.6 Å². The van der Waals surface area contributed by atoms with Gasteiger partial charge in [-0.25, -0.2) is 9.82 Å². The predicted molar refractivity (Wildman–Crippen MR) is 106 cm³/mol. The lowest BCUT2D eigenvalue weighted by molar-refractivity contribution is -0.133. The van der Waals surface area contributed by atoms with E-state index in [2.05, 4.69) is 21.0 Å². The standard InChI is InChI=1S/C21H28FN5O2/c1-13-15(8-9-18(28)24-12-10-14-5-2-3-11-23-14)21(29)27-20(25-13)19-16(22)6-4-7-17(19)26-27/h2-3,5,11,16-17,19-20,25-26H,4,6-10,12H2,1H3,(H,24,28). The van der Waals surface area contributed by atoms with Crippen molar-refractivity contribution >= 4 is 11.8 Å². The highest BCUT2D eigenvalue weighted by molar-refractivity contribution is 5.95. The Balaban J connectivity index is 1.31. The van der Waals surface area contributed by atoms with Crippen LogP contribution in [0.3, 0.4) is 0 Å². The minimum atomic E-state index is -0.907. The van der Waals surface area contributed by atoms with Gasteiger partial charge in [0.1, 0.15) is 12.3 Å². The molecule has 0 radical (unpaired) electrons. The molecule has 7 nitrogen and oxygen atoms in total. The molecule has 1 saturated heterocycles. The summed E-state index contributed by atoms with van der Waals surface area (Å²) in [5.74, 6) is -0.462. The van der Waals surface area contributed by atoms with Crippen LogP contribution in [0.25, 0.3) is 0 Å². The molecule has 29 heavy (non-hydrogen) atoms. The molecule has 8 heteroatoms. The van der Waals surface area contributed by atoms with Gasteiger partial charge in [0.25, 0.3) is 5.91 Å². The van der Waals surface area contributed by atoms with Crippen molar-refractivity contribution in [1.29, 1.82) is 0 Å². The van der Waals surface area contributed by atoms with Gasteiger partial charge in [-0.15, -0.1) is 0 Å². The zero-order valence-corrected chi connectivity index (χ0v) is 16.7. The number of alkyl halides is 1. The second-order valence-corrected chi connectivity index (χ2v) is 8.05. The summed E-state index contributed by atoms with van der Waals surface area (Å²) in [5.41, 5.74) is 5.47. The Morgan fingerprint density at radius 2 is 2.21 bits per heavy atom. The van der Waals surface area contributed by atoms with Crippen LogP contribution < -0.4 is 16.1 Å². The van der Waals surface area contributed by atoms with Gasteiger partial charge in [-0.3, -0.25) is 19.6 Å². The van der Waals surface area contributed by atoms with Crippen LogP contribution in [0, 0.1) is 5.92 Å². The molecule has 2 fully saturated rings. The molecule has 0 bridgehead atoms. The maximum atomic E-state index is 14.5. The quantitative estimate of drug-likeness (QED) is 0.674. The summed E-state index contributed by atoms with van der Waals surface area (Å²) < 4.78 is 14.5. The first-order chi connectivity index (χ1) is 14.0. The van der Waals surface area contributed by atoms with Gasteiger partial charge in [0, 0.05) is 54.5 Å². The first-order valence-corrected chi connectivity index (χ1v) is 10.4. The van der Waals surface area contributed by atoms with E-state index >= 15 is 0 Å². The Kier molecular flexibility index (Phi) is 5.80. The zero-order chi connectivity index (χ0) is 20.4. The van der Waals surface area contributed by atoms with E-state index in [1.165, 1.54) is 0 Å². The van der Waals surface area contributed by atoms with Crippen molar-refractivity contribution in [2.24, 2.45) is 5.92 Å². The molecule has 3 heterocycles. The first-order valence-electron chi connectivity index (χ1n) is 10.4. The smallest absolute Gasteiger partial charge is 0.267 e. The van der Waals surface area contributed by atoms with Crippen molar-refractivity contribution in [3.63, 3.8) is 0 Å². The van der Waals surface area contributed by atoms with Crippen LogP contribution in [0.4, 0.5) is 4.39 Å². The monoisotopic (exact) mass is 401 g/mol. The van der Waals surface area contributed by atoms with Crippen LogP contribution in [0.15, 0.2) is 35.7 Å². The largest absolute Gasteiger partial charge is 0.367 e. The fraction of sp³-hybridized carbons (Fsp3) is 0.571. The number of nitrogens with zero attached hydrogens (tertiary/aromatic N) is 2.